The van der Waals surface area contributed by atoms with Crippen LogP contribution in [-0.4, -0.2) is 25.6 Å². The minimum Gasteiger partial charge on any atom is -0.494 e. The van der Waals surface area contributed by atoms with E-state index < -0.39 is 17.7 Å². The summed E-state index contributed by atoms with van der Waals surface area (Å²) in [7, 11) is 1.36. The van der Waals surface area contributed by atoms with Crippen molar-refractivity contribution in [2.24, 2.45) is 0 Å². The van der Waals surface area contributed by atoms with Crippen LogP contribution in [0.5, 0.6) is 5.75 Å². The number of methoxy groups -OCH3 is 1. The van der Waals surface area contributed by atoms with Crippen LogP contribution in [-0.2, 0) is 27.3 Å². The van der Waals surface area contributed by atoms with Crippen molar-refractivity contribution in [3.63, 3.8) is 0 Å². The van der Waals surface area contributed by atoms with E-state index in [0.29, 0.717) is 12.1 Å². The second-order valence-corrected chi connectivity index (χ2v) is 5.51. The number of carbonyl (C=O) groups is 2. The van der Waals surface area contributed by atoms with Crippen LogP contribution in [0.15, 0.2) is 42.5 Å². The molecule has 0 atom stereocenters. The van der Waals surface area contributed by atoms with E-state index >= 15 is 0 Å². The lowest BCUT2D eigenvalue weighted by Crippen LogP contribution is -2.28. The highest BCUT2D eigenvalue weighted by Gasteiger charge is 2.11. The number of esters is 1. The number of ether oxygens (including phenoxy) is 2. The molecule has 0 aliphatic carbocycles. The fourth-order valence-electron chi connectivity index (χ4n) is 2.24. The molecule has 5 nitrogen and oxygen atoms in total. The third kappa shape index (κ3) is 5.60. The Morgan fingerprint density at radius 3 is 2.60 bits per heavy atom. The van der Waals surface area contributed by atoms with Crippen molar-refractivity contribution in [2.45, 2.75) is 19.9 Å². The number of amides is 1. The third-order valence-electron chi connectivity index (χ3n) is 3.67. The molecule has 2 rings (SSSR count). The van der Waals surface area contributed by atoms with Gasteiger partial charge >= 0.3 is 5.97 Å². The van der Waals surface area contributed by atoms with Crippen LogP contribution in [0, 0.1) is 12.7 Å². The highest BCUT2D eigenvalue weighted by atomic mass is 19.1. The zero-order valence-electron chi connectivity index (χ0n) is 14.2. The van der Waals surface area contributed by atoms with Crippen molar-refractivity contribution in [2.75, 3.05) is 13.7 Å². The summed E-state index contributed by atoms with van der Waals surface area (Å²) in [5, 5.41) is 2.69. The Hall–Kier alpha value is -2.89. The predicted molar refractivity (Wildman–Crippen MR) is 90.6 cm³/mol. The van der Waals surface area contributed by atoms with Gasteiger partial charge in [-0.2, -0.15) is 0 Å². The van der Waals surface area contributed by atoms with Crippen LogP contribution in [0.25, 0.3) is 0 Å². The molecule has 1 N–H and O–H groups in total. The Kier molecular flexibility index (Phi) is 6.51. The number of nitrogens with one attached hydrogen (secondary N) is 1. The Balaban J connectivity index is 1.76. The molecule has 2 aromatic carbocycles. The van der Waals surface area contributed by atoms with Crippen LogP contribution >= 0.6 is 0 Å². The lowest BCUT2D eigenvalue weighted by molar-refractivity contribution is -0.147. The van der Waals surface area contributed by atoms with Gasteiger partial charge in [-0.05, 0) is 35.7 Å². The van der Waals surface area contributed by atoms with Gasteiger partial charge in [-0.3, -0.25) is 9.59 Å². The molecule has 0 radical (unpaired) electrons. The highest BCUT2D eigenvalue weighted by Crippen LogP contribution is 2.18. The molecule has 2 aromatic rings. The normalized spacial score (nSPS) is 10.2. The van der Waals surface area contributed by atoms with Crippen molar-refractivity contribution >= 4 is 11.9 Å². The molecular weight excluding hydrogens is 325 g/mol. The van der Waals surface area contributed by atoms with Crippen LogP contribution in [0.2, 0.25) is 0 Å². The van der Waals surface area contributed by atoms with Crippen molar-refractivity contribution in [3.8, 4) is 5.75 Å². The molecule has 1 amide bonds. The van der Waals surface area contributed by atoms with Crippen molar-refractivity contribution in [1.82, 2.24) is 5.32 Å². The van der Waals surface area contributed by atoms with E-state index in [0.717, 1.165) is 11.1 Å². The molecule has 0 fully saturated rings. The number of aryl methyl sites for hydroxylation is 1. The topological polar surface area (TPSA) is 64.6 Å². The van der Waals surface area contributed by atoms with Gasteiger partial charge in [0.25, 0.3) is 5.91 Å². The van der Waals surface area contributed by atoms with Gasteiger partial charge in [-0.25, -0.2) is 4.39 Å². The summed E-state index contributed by atoms with van der Waals surface area (Å²) >= 11 is 0. The van der Waals surface area contributed by atoms with Crippen molar-refractivity contribution in [1.29, 1.82) is 0 Å². The minimum absolute atomic E-state index is 0.104. The quantitative estimate of drug-likeness (QED) is 0.783. The molecule has 0 aliphatic heterocycles. The van der Waals surface area contributed by atoms with Gasteiger partial charge in [0.1, 0.15) is 0 Å². The van der Waals surface area contributed by atoms with Gasteiger partial charge in [0.05, 0.1) is 13.5 Å². The van der Waals surface area contributed by atoms with Crippen molar-refractivity contribution < 1.29 is 23.5 Å². The molecule has 6 heteroatoms. The summed E-state index contributed by atoms with van der Waals surface area (Å²) in [4.78, 5) is 23.5. The monoisotopic (exact) mass is 345 g/mol. The van der Waals surface area contributed by atoms with E-state index in [9.17, 15) is 14.0 Å². The summed E-state index contributed by atoms with van der Waals surface area (Å²) < 4.78 is 23.3. The van der Waals surface area contributed by atoms with E-state index in [-0.39, 0.29) is 18.8 Å². The Labute approximate surface area is 145 Å². The summed E-state index contributed by atoms with van der Waals surface area (Å²) in [5.41, 5.74) is 2.51. The van der Waals surface area contributed by atoms with Gasteiger partial charge in [-0.1, -0.05) is 30.3 Å². The molecule has 0 bridgehead atoms. The van der Waals surface area contributed by atoms with Gasteiger partial charge in [0.15, 0.2) is 18.2 Å². The molecule has 132 valence electrons. The zero-order chi connectivity index (χ0) is 18.2. The van der Waals surface area contributed by atoms with Gasteiger partial charge in [0.2, 0.25) is 0 Å². The number of carbonyl (C=O) groups excluding carboxylic acids is 2. The second-order valence-electron chi connectivity index (χ2n) is 5.51. The average molecular weight is 345 g/mol. The summed E-state index contributed by atoms with van der Waals surface area (Å²) in [6, 6.07) is 11.9. The van der Waals surface area contributed by atoms with E-state index in [1.165, 1.54) is 19.2 Å². The van der Waals surface area contributed by atoms with E-state index in [1.54, 1.807) is 6.07 Å². The molecule has 0 aliphatic rings. The molecule has 0 spiro atoms. The largest absolute Gasteiger partial charge is 0.494 e. The number of hydrogen-bond donors (Lipinski definition) is 1. The van der Waals surface area contributed by atoms with Crippen LogP contribution in [0.1, 0.15) is 16.7 Å². The molecule has 0 heterocycles. The Bertz CT molecular complexity index is 761. The highest BCUT2D eigenvalue weighted by molar-refractivity contribution is 5.81. The Morgan fingerprint density at radius 2 is 1.92 bits per heavy atom. The summed E-state index contributed by atoms with van der Waals surface area (Å²) in [6.07, 6.45) is -0.119. The molecule has 25 heavy (non-hydrogen) atoms. The maximum atomic E-state index is 13.6. The minimum atomic E-state index is -0.601. The van der Waals surface area contributed by atoms with Gasteiger partial charge < -0.3 is 14.8 Å². The lowest BCUT2D eigenvalue weighted by Gasteiger charge is -2.09. The fraction of sp³-hybridized carbons (Fsp3) is 0.263. The maximum absolute atomic E-state index is 13.6. The SMILES string of the molecule is COc1ccc(CC(=O)OCC(=O)NCc2ccccc2C)cc1F. The first kappa shape index (κ1) is 18.4. The summed E-state index contributed by atoms with van der Waals surface area (Å²) in [6.45, 7) is 1.95. The average Bonchev–Trinajstić information content (AvgIpc) is 2.59. The van der Waals surface area contributed by atoms with Gasteiger partial charge in [-0.15, -0.1) is 0 Å². The Morgan fingerprint density at radius 1 is 1.16 bits per heavy atom. The third-order valence-corrected chi connectivity index (χ3v) is 3.67. The van der Waals surface area contributed by atoms with Crippen LogP contribution in [0.3, 0.4) is 0 Å². The van der Waals surface area contributed by atoms with E-state index in [4.69, 9.17) is 9.47 Å². The van der Waals surface area contributed by atoms with Crippen molar-refractivity contribution in [3.05, 3.63) is 65.0 Å². The first-order chi connectivity index (χ1) is 12.0. The first-order valence-electron chi connectivity index (χ1n) is 7.79. The lowest BCUT2D eigenvalue weighted by atomic mass is 10.1. The van der Waals surface area contributed by atoms with Crippen LogP contribution in [0.4, 0.5) is 4.39 Å². The first-order valence-corrected chi connectivity index (χ1v) is 7.79. The summed E-state index contributed by atoms with van der Waals surface area (Å²) in [5.74, 6) is -1.44. The molecule has 0 unspecified atom stereocenters. The van der Waals surface area contributed by atoms with Gasteiger partial charge in [0, 0.05) is 6.54 Å². The molecule has 0 saturated carbocycles. The number of rotatable bonds is 7. The smallest absolute Gasteiger partial charge is 0.310 e. The number of halogens is 1. The fourth-order valence-corrected chi connectivity index (χ4v) is 2.24. The molecular formula is C19H20FNO4. The van der Waals surface area contributed by atoms with E-state index in [2.05, 4.69) is 5.32 Å². The van der Waals surface area contributed by atoms with Crippen LogP contribution < -0.4 is 10.1 Å². The maximum Gasteiger partial charge on any atom is 0.310 e. The molecule has 0 aromatic heterocycles. The predicted octanol–water partition coefficient (Wildman–Crippen LogP) is 2.54. The number of benzene rings is 2. The number of hydrogen-bond acceptors (Lipinski definition) is 4. The standard InChI is InChI=1S/C19H20FNO4/c1-13-5-3-4-6-15(13)11-21-18(22)12-25-19(23)10-14-7-8-17(24-2)16(20)9-14/h3-9H,10-12H2,1-2H3,(H,21,22). The molecule has 0 saturated heterocycles. The second kappa shape index (κ2) is 8.82. The van der Waals surface area contributed by atoms with E-state index in [1.807, 2.05) is 31.2 Å². The zero-order valence-corrected chi connectivity index (χ0v) is 14.2.